The lowest BCUT2D eigenvalue weighted by Crippen LogP contribution is -2.06. The summed E-state index contributed by atoms with van der Waals surface area (Å²) >= 11 is 5.86. The molecule has 2 aromatic carbocycles. The van der Waals surface area contributed by atoms with Gasteiger partial charge in [-0.25, -0.2) is 0 Å². The molecule has 0 aliphatic heterocycles. The first kappa shape index (κ1) is 24.0. The van der Waals surface area contributed by atoms with Crippen LogP contribution >= 0.6 is 19.0 Å². The molecule has 0 fully saturated rings. The number of nitrogens with zero attached hydrogens (tertiary/aromatic N) is 1. The van der Waals surface area contributed by atoms with E-state index < -0.39 is 29.7 Å². The number of hydrogen-bond acceptors (Lipinski definition) is 6. The van der Waals surface area contributed by atoms with E-state index in [2.05, 4.69) is 0 Å². The van der Waals surface area contributed by atoms with Gasteiger partial charge < -0.3 is 14.0 Å². The van der Waals surface area contributed by atoms with Crippen LogP contribution in [0.1, 0.15) is 19.4 Å². The molecule has 0 saturated heterocycles. The molecule has 0 saturated carbocycles. The van der Waals surface area contributed by atoms with Crippen molar-refractivity contribution >= 4 is 24.7 Å². The molecule has 0 bridgehead atoms. The van der Waals surface area contributed by atoms with E-state index >= 15 is 0 Å². The highest BCUT2D eigenvalue weighted by molar-refractivity contribution is 7.58. The normalized spacial score (nSPS) is 13.5. The van der Waals surface area contributed by atoms with E-state index in [0.29, 0.717) is 6.07 Å². The monoisotopic (exact) mass is 467 g/mol. The zero-order chi connectivity index (χ0) is 22.5. The van der Waals surface area contributed by atoms with Crippen LogP contribution in [0, 0.1) is 10.1 Å². The summed E-state index contributed by atoms with van der Waals surface area (Å²) in [6, 6.07) is 6.04. The Morgan fingerprint density at radius 1 is 1.13 bits per heavy atom. The summed E-state index contributed by atoms with van der Waals surface area (Å²) in [4.78, 5) is 10.6. The zero-order valence-corrected chi connectivity index (χ0v) is 17.6. The highest BCUT2D eigenvalue weighted by Gasteiger charge is 2.31. The Kier molecular flexibility index (Phi) is 7.74. The van der Waals surface area contributed by atoms with Crippen LogP contribution in [0.4, 0.5) is 18.9 Å². The van der Waals surface area contributed by atoms with Crippen molar-refractivity contribution in [3.63, 3.8) is 0 Å². The van der Waals surface area contributed by atoms with E-state index in [9.17, 15) is 27.9 Å². The van der Waals surface area contributed by atoms with Crippen LogP contribution in [-0.2, 0) is 15.3 Å². The first-order valence-electron chi connectivity index (χ1n) is 8.67. The van der Waals surface area contributed by atoms with Crippen LogP contribution in [0.2, 0.25) is 5.02 Å². The predicted molar refractivity (Wildman–Crippen MR) is 105 cm³/mol. The number of nitro benzene ring substituents is 1. The Bertz CT molecular complexity index is 969. The first-order chi connectivity index (χ1) is 14.0. The molecule has 0 aromatic heterocycles. The van der Waals surface area contributed by atoms with Crippen molar-refractivity contribution in [2.75, 3.05) is 19.1 Å². The summed E-state index contributed by atoms with van der Waals surface area (Å²) in [5.74, 6) is -0.285. The molecule has 1 unspecified atom stereocenters. The maximum atomic E-state index is 12.8. The van der Waals surface area contributed by atoms with Gasteiger partial charge in [-0.15, -0.1) is 0 Å². The van der Waals surface area contributed by atoms with E-state index in [1.165, 1.54) is 6.07 Å². The minimum absolute atomic E-state index is 0.0278. The van der Waals surface area contributed by atoms with E-state index in [1.54, 1.807) is 13.8 Å². The number of halogens is 4. The molecule has 164 valence electrons. The minimum atomic E-state index is -4.57. The molecule has 1 atom stereocenters. The van der Waals surface area contributed by atoms with E-state index in [1.807, 2.05) is 0 Å². The lowest BCUT2D eigenvalue weighted by atomic mass is 10.2. The standard InChI is InChI=1S/C18H18ClF3NO6P/c1-3-28-30(26,4-2)11-27-17-10-13(6-7-15(17)23(24)25)29-16-8-5-12(9-14(16)19)18(20,21)22/h5-10H,3-4,11H2,1-2H3. The predicted octanol–water partition coefficient (Wildman–Crippen LogP) is 6.73. The van der Waals surface area contributed by atoms with E-state index in [-0.39, 0.29) is 41.4 Å². The van der Waals surface area contributed by atoms with Crippen LogP contribution in [0.25, 0.3) is 0 Å². The largest absolute Gasteiger partial charge is 0.476 e. The van der Waals surface area contributed by atoms with Gasteiger partial charge in [-0.05, 0) is 31.2 Å². The second-order valence-electron chi connectivity index (χ2n) is 5.95. The number of alkyl halides is 3. The Morgan fingerprint density at radius 3 is 2.37 bits per heavy atom. The summed E-state index contributed by atoms with van der Waals surface area (Å²) in [6.07, 6.45) is -4.78. The van der Waals surface area contributed by atoms with Crippen molar-refractivity contribution in [2.45, 2.75) is 20.0 Å². The van der Waals surface area contributed by atoms with Gasteiger partial charge in [-0.1, -0.05) is 18.5 Å². The molecule has 2 aromatic rings. The van der Waals surface area contributed by atoms with Gasteiger partial charge in [-0.3, -0.25) is 14.7 Å². The number of rotatable bonds is 9. The van der Waals surface area contributed by atoms with Crippen molar-refractivity contribution in [3.8, 4) is 17.2 Å². The van der Waals surface area contributed by atoms with Crippen molar-refractivity contribution in [3.05, 3.63) is 57.1 Å². The van der Waals surface area contributed by atoms with E-state index in [0.717, 1.165) is 24.3 Å². The Hall–Kier alpha value is -2.29. The second-order valence-corrected chi connectivity index (χ2v) is 9.14. The first-order valence-corrected chi connectivity index (χ1v) is 11.0. The van der Waals surface area contributed by atoms with Gasteiger partial charge in [0.25, 0.3) is 0 Å². The number of nitro groups is 1. The molecular formula is C18H18ClF3NO6P. The molecule has 0 N–H and O–H groups in total. The molecule has 2 rings (SSSR count). The molecule has 0 heterocycles. The number of ether oxygens (including phenoxy) is 2. The average Bonchev–Trinajstić information content (AvgIpc) is 2.67. The fourth-order valence-corrected chi connectivity index (χ4v) is 3.80. The van der Waals surface area contributed by atoms with Crippen LogP contribution in [0.5, 0.6) is 17.2 Å². The molecule has 30 heavy (non-hydrogen) atoms. The Morgan fingerprint density at radius 2 is 1.83 bits per heavy atom. The lowest BCUT2D eigenvalue weighted by Gasteiger charge is -2.17. The molecule has 0 aliphatic carbocycles. The highest BCUT2D eigenvalue weighted by Crippen LogP contribution is 2.47. The van der Waals surface area contributed by atoms with Crippen LogP contribution in [0.15, 0.2) is 36.4 Å². The molecule has 12 heteroatoms. The lowest BCUT2D eigenvalue weighted by molar-refractivity contribution is -0.385. The van der Waals surface area contributed by atoms with Crippen LogP contribution in [-0.4, -0.2) is 24.0 Å². The maximum absolute atomic E-state index is 12.8. The van der Waals surface area contributed by atoms with Gasteiger partial charge in [0, 0.05) is 18.3 Å². The highest BCUT2D eigenvalue weighted by atomic mass is 35.5. The van der Waals surface area contributed by atoms with Crippen LogP contribution < -0.4 is 9.47 Å². The summed E-state index contributed by atoms with van der Waals surface area (Å²) in [5.41, 5.74) is -1.35. The molecule has 7 nitrogen and oxygen atoms in total. The van der Waals surface area contributed by atoms with Gasteiger partial charge >= 0.3 is 11.9 Å². The third kappa shape index (κ3) is 6.10. The Balaban J connectivity index is 2.29. The van der Waals surface area contributed by atoms with Gasteiger partial charge in [0.05, 0.1) is 22.1 Å². The third-order valence-corrected chi connectivity index (χ3v) is 6.39. The number of benzene rings is 2. The SMILES string of the molecule is CCOP(=O)(CC)COc1cc(Oc2ccc(C(F)(F)F)cc2Cl)ccc1[N+](=O)[O-]. The van der Waals surface area contributed by atoms with Crippen LogP contribution in [0.3, 0.4) is 0 Å². The molecule has 0 amide bonds. The summed E-state index contributed by atoms with van der Waals surface area (Å²) in [7, 11) is -3.14. The van der Waals surface area contributed by atoms with Crippen molar-refractivity contribution in [2.24, 2.45) is 0 Å². The van der Waals surface area contributed by atoms with Crippen molar-refractivity contribution in [1.82, 2.24) is 0 Å². The fourth-order valence-electron chi connectivity index (χ4n) is 2.33. The smallest absolute Gasteiger partial charge is 0.416 e. The van der Waals surface area contributed by atoms with Gasteiger partial charge in [-0.2, -0.15) is 13.2 Å². The third-order valence-electron chi connectivity index (χ3n) is 3.88. The second kappa shape index (κ2) is 9.68. The topological polar surface area (TPSA) is 87.9 Å². The quantitative estimate of drug-likeness (QED) is 0.231. The fraction of sp³-hybridized carbons (Fsp3) is 0.333. The minimum Gasteiger partial charge on any atom is -0.476 e. The van der Waals surface area contributed by atoms with Gasteiger partial charge in [0.2, 0.25) is 13.1 Å². The van der Waals surface area contributed by atoms with Gasteiger partial charge in [0.15, 0.2) is 6.35 Å². The summed E-state index contributed by atoms with van der Waals surface area (Å²) < 4.78 is 66.8. The molecular weight excluding hydrogens is 450 g/mol. The molecule has 0 radical (unpaired) electrons. The average molecular weight is 468 g/mol. The van der Waals surface area contributed by atoms with Crippen molar-refractivity contribution in [1.29, 1.82) is 0 Å². The Labute approximate surface area is 175 Å². The number of hydrogen-bond donors (Lipinski definition) is 0. The molecule has 0 spiro atoms. The van der Waals surface area contributed by atoms with Crippen molar-refractivity contribution < 1.29 is 36.7 Å². The zero-order valence-electron chi connectivity index (χ0n) is 15.9. The summed E-state index contributed by atoms with van der Waals surface area (Å²) in [5, 5.41) is 11.0. The molecule has 0 aliphatic rings. The maximum Gasteiger partial charge on any atom is 0.416 e. The van der Waals surface area contributed by atoms with Gasteiger partial charge in [0.1, 0.15) is 11.5 Å². The van der Waals surface area contributed by atoms with E-state index in [4.69, 9.17) is 25.6 Å². The summed E-state index contributed by atoms with van der Waals surface area (Å²) in [6.45, 7) is 3.49.